The van der Waals surface area contributed by atoms with E-state index in [1.165, 1.54) is 7.05 Å². The molecule has 1 aromatic carbocycles. The van der Waals surface area contributed by atoms with Crippen LogP contribution in [-0.4, -0.2) is 9.78 Å². The number of anilines is 1. The predicted octanol–water partition coefficient (Wildman–Crippen LogP) is 3.36. The van der Waals surface area contributed by atoms with Crippen LogP contribution < -0.4 is 5.32 Å². The van der Waals surface area contributed by atoms with Gasteiger partial charge >= 0.3 is 6.18 Å². The molecule has 0 spiro atoms. The fourth-order valence-corrected chi connectivity index (χ4v) is 1.84. The zero-order valence-corrected chi connectivity index (χ0v) is 10.6. The minimum Gasteiger partial charge on any atom is -0.379 e. The van der Waals surface area contributed by atoms with Gasteiger partial charge in [0, 0.05) is 12.7 Å². The number of halogens is 3. The van der Waals surface area contributed by atoms with Crippen LogP contribution in [0.4, 0.5) is 18.9 Å². The quantitative estimate of drug-likeness (QED) is 0.926. The summed E-state index contributed by atoms with van der Waals surface area (Å²) in [6.45, 7) is 2.19. The maximum Gasteiger partial charge on any atom is 0.433 e. The Balaban J connectivity index is 2.11. The van der Waals surface area contributed by atoms with Gasteiger partial charge in [-0.25, -0.2) is 0 Å². The molecule has 6 heteroatoms. The lowest BCUT2D eigenvalue weighted by atomic mass is 10.2. The summed E-state index contributed by atoms with van der Waals surface area (Å²) >= 11 is 0. The molecule has 0 saturated heterocycles. The van der Waals surface area contributed by atoms with E-state index in [9.17, 15) is 13.2 Å². The van der Waals surface area contributed by atoms with Crippen LogP contribution in [0.25, 0.3) is 0 Å². The highest BCUT2D eigenvalue weighted by Gasteiger charge is 2.34. The molecule has 2 rings (SSSR count). The van der Waals surface area contributed by atoms with Crippen LogP contribution in [0.5, 0.6) is 0 Å². The number of aromatic nitrogens is 2. The number of aryl methyl sites for hydroxylation is 2. The molecular formula is C13H14F3N3. The molecule has 19 heavy (non-hydrogen) atoms. The molecule has 0 saturated carbocycles. The summed E-state index contributed by atoms with van der Waals surface area (Å²) < 4.78 is 38.7. The first-order chi connectivity index (χ1) is 8.88. The van der Waals surface area contributed by atoms with Gasteiger partial charge in [0.2, 0.25) is 0 Å². The van der Waals surface area contributed by atoms with Crippen molar-refractivity contribution < 1.29 is 13.2 Å². The van der Waals surface area contributed by atoms with E-state index in [1.807, 2.05) is 31.2 Å². The predicted molar refractivity (Wildman–Crippen MR) is 66.7 cm³/mol. The molecule has 0 unspecified atom stereocenters. The first-order valence-electron chi connectivity index (χ1n) is 5.77. The summed E-state index contributed by atoms with van der Waals surface area (Å²) in [6.07, 6.45) is -4.37. The highest BCUT2D eigenvalue weighted by molar-refractivity contribution is 5.50. The van der Waals surface area contributed by atoms with Crippen LogP contribution in [0.1, 0.15) is 17.0 Å². The van der Waals surface area contributed by atoms with Crippen molar-refractivity contribution in [3.8, 4) is 0 Å². The summed E-state index contributed by atoms with van der Waals surface area (Å²) in [7, 11) is 1.29. The Bertz CT molecular complexity index is 573. The van der Waals surface area contributed by atoms with Gasteiger partial charge in [0.1, 0.15) is 5.69 Å². The van der Waals surface area contributed by atoms with Crippen LogP contribution in [0, 0.1) is 6.92 Å². The molecule has 0 amide bonds. The van der Waals surface area contributed by atoms with Crippen LogP contribution >= 0.6 is 0 Å². The van der Waals surface area contributed by atoms with Crippen molar-refractivity contribution in [3.63, 3.8) is 0 Å². The zero-order valence-electron chi connectivity index (χ0n) is 10.6. The lowest BCUT2D eigenvalue weighted by Gasteiger charge is -2.07. The highest BCUT2D eigenvalue weighted by Crippen LogP contribution is 2.29. The third-order valence-electron chi connectivity index (χ3n) is 2.83. The third-order valence-corrected chi connectivity index (χ3v) is 2.83. The van der Waals surface area contributed by atoms with Crippen molar-refractivity contribution in [2.75, 3.05) is 5.32 Å². The van der Waals surface area contributed by atoms with Gasteiger partial charge in [0.25, 0.3) is 0 Å². The second kappa shape index (κ2) is 4.95. The highest BCUT2D eigenvalue weighted by atomic mass is 19.4. The number of para-hydroxylation sites is 1. The maximum absolute atomic E-state index is 12.6. The van der Waals surface area contributed by atoms with Crippen molar-refractivity contribution in [1.29, 1.82) is 0 Å². The van der Waals surface area contributed by atoms with Gasteiger partial charge in [-0.15, -0.1) is 0 Å². The average Bonchev–Trinajstić information content (AvgIpc) is 2.69. The molecule has 0 aliphatic carbocycles. The minimum atomic E-state index is -4.37. The Hall–Kier alpha value is -1.98. The Labute approximate surface area is 109 Å². The van der Waals surface area contributed by atoms with E-state index in [0.717, 1.165) is 22.0 Å². The standard InChI is InChI=1S/C13H14F3N3/c1-9-5-3-4-6-11(9)17-8-10-7-12(13(14,15)16)19(2)18-10/h3-7,17H,8H2,1-2H3. The summed E-state index contributed by atoms with van der Waals surface area (Å²) in [4.78, 5) is 0. The van der Waals surface area contributed by atoms with E-state index < -0.39 is 11.9 Å². The van der Waals surface area contributed by atoms with Gasteiger partial charge < -0.3 is 5.32 Å². The number of hydrogen-bond donors (Lipinski definition) is 1. The van der Waals surface area contributed by atoms with Crippen LogP contribution in [0.15, 0.2) is 30.3 Å². The number of alkyl halides is 3. The van der Waals surface area contributed by atoms with Gasteiger partial charge in [0.05, 0.1) is 12.2 Å². The van der Waals surface area contributed by atoms with Crippen LogP contribution in [-0.2, 0) is 19.8 Å². The second-order valence-electron chi connectivity index (χ2n) is 4.31. The first-order valence-corrected chi connectivity index (χ1v) is 5.77. The van der Waals surface area contributed by atoms with E-state index in [0.29, 0.717) is 5.69 Å². The fraction of sp³-hybridized carbons (Fsp3) is 0.308. The molecule has 1 aromatic heterocycles. The zero-order chi connectivity index (χ0) is 14.0. The molecule has 0 aliphatic heterocycles. The van der Waals surface area contributed by atoms with Gasteiger partial charge in [0.15, 0.2) is 0 Å². The summed E-state index contributed by atoms with van der Waals surface area (Å²) in [5, 5.41) is 6.93. The summed E-state index contributed by atoms with van der Waals surface area (Å²) in [6, 6.07) is 8.65. The maximum atomic E-state index is 12.6. The SMILES string of the molecule is Cc1ccccc1NCc1cc(C(F)(F)F)n(C)n1. The minimum absolute atomic E-state index is 0.259. The Kier molecular flexibility index (Phi) is 3.50. The lowest BCUT2D eigenvalue weighted by Crippen LogP contribution is -2.11. The summed E-state index contributed by atoms with van der Waals surface area (Å²) in [5.74, 6) is 0. The largest absolute Gasteiger partial charge is 0.433 e. The average molecular weight is 269 g/mol. The monoisotopic (exact) mass is 269 g/mol. The normalized spacial score (nSPS) is 11.6. The van der Waals surface area contributed by atoms with Gasteiger partial charge in [-0.2, -0.15) is 18.3 Å². The van der Waals surface area contributed by atoms with Crippen LogP contribution in [0.3, 0.4) is 0 Å². The lowest BCUT2D eigenvalue weighted by molar-refractivity contribution is -0.143. The molecular weight excluding hydrogens is 255 g/mol. The van der Waals surface area contributed by atoms with Gasteiger partial charge in [-0.3, -0.25) is 4.68 Å². The van der Waals surface area contributed by atoms with E-state index in [2.05, 4.69) is 10.4 Å². The molecule has 102 valence electrons. The third kappa shape index (κ3) is 3.07. The van der Waals surface area contributed by atoms with E-state index in [4.69, 9.17) is 0 Å². The number of nitrogens with one attached hydrogen (secondary N) is 1. The molecule has 0 bridgehead atoms. The Morgan fingerprint density at radius 1 is 1.26 bits per heavy atom. The first kappa shape index (κ1) is 13.5. The molecule has 0 atom stereocenters. The van der Waals surface area contributed by atoms with E-state index >= 15 is 0 Å². The number of rotatable bonds is 3. The van der Waals surface area contributed by atoms with Crippen molar-refractivity contribution in [2.45, 2.75) is 19.6 Å². The molecule has 1 N–H and O–H groups in total. The van der Waals surface area contributed by atoms with Crippen molar-refractivity contribution in [3.05, 3.63) is 47.3 Å². The molecule has 1 heterocycles. The Morgan fingerprint density at radius 2 is 1.95 bits per heavy atom. The van der Waals surface area contributed by atoms with Crippen LogP contribution in [0.2, 0.25) is 0 Å². The van der Waals surface area contributed by atoms with Gasteiger partial charge in [-0.1, -0.05) is 18.2 Å². The van der Waals surface area contributed by atoms with E-state index in [-0.39, 0.29) is 6.54 Å². The molecule has 0 fully saturated rings. The van der Waals surface area contributed by atoms with Crippen molar-refractivity contribution >= 4 is 5.69 Å². The van der Waals surface area contributed by atoms with Gasteiger partial charge in [-0.05, 0) is 24.6 Å². The molecule has 3 nitrogen and oxygen atoms in total. The van der Waals surface area contributed by atoms with Crippen molar-refractivity contribution in [1.82, 2.24) is 9.78 Å². The molecule has 0 aliphatic rings. The van der Waals surface area contributed by atoms with Crippen molar-refractivity contribution in [2.24, 2.45) is 7.05 Å². The molecule has 2 aromatic rings. The summed E-state index contributed by atoms with van der Waals surface area (Å²) in [5.41, 5.74) is 1.54. The number of hydrogen-bond acceptors (Lipinski definition) is 2. The topological polar surface area (TPSA) is 29.9 Å². The smallest absolute Gasteiger partial charge is 0.379 e. The number of nitrogens with zero attached hydrogens (tertiary/aromatic N) is 2. The number of benzene rings is 1. The molecule has 0 radical (unpaired) electrons. The second-order valence-corrected chi connectivity index (χ2v) is 4.31. The van der Waals surface area contributed by atoms with E-state index in [1.54, 1.807) is 0 Å². The fourth-order valence-electron chi connectivity index (χ4n) is 1.84. The Morgan fingerprint density at radius 3 is 2.53 bits per heavy atom.